The summed E-state index contributed by atoms with van der Waals surface area (Å²) in [6, 6.07) is 1.93. The number of aliphatic hydroxyl groups is 1. The number of aryl methyl sites for hydroxylation is 1. The SMILES string of the molecule is CCCn1cncc1Cn1ccc(CO)c1. The zero-order valence-electron chi connectivity index (χ0n) is 9.50. The molecule has 0 aromatic carbocycles. The first kappa shape index (κ1) is 11.0. The third kappa shape index (κ3) is 2.33. The molecule has 0 saturated carbocycles. The number of aromatic nitrogens is 3. The van der Waals surface area contributed by atoms with E-state index in [1.54, 1.807) is 0 Å². The van der Waals surface area contributed by atoms with Crippen molar-refractivity contribution in [2.24, 2.45) is 0 Å². The van der Waals surface area contributed by atoms with Gasteiger partial charge in [0.05, 0.1) is 25.2 Å². The van der Waals surface area contributed by atoms with Crippen LogP contribution in [-0.4, -0.2) is 19.2 Å². The monoisotopic (exact) mass is 219 g/mol. The Balaban J connectivity index is 2.10. The van der Waals surface area contributed by atoms with E-state index in [2.05, 4.69) is 21.0 Å². The maximum Gasteiger partial charge on any atom is 0.0948 e. The number of nitrogens with zero attached hydrogens (tertiary/aromatic N) is 3. The second-order valence-electron chi connectivity index (χ2n) is 3.93. The lowest BCUT2D eigenvalue weighted by molar-refractivity contribution is 0.281. The van der Waals surface area contributed by atoms with Gasteiger partial charge in [0.2, 0.25) is 0 Å². The fourth-order valence-corrected chi connectivity index (χ4v) is 1.79. The normalized spacial score (nSPS) is 10.9. The van der Waals surface area contributed by atoms with Crippen molar-refractivity contribution in [2.75, 3.05) is 0 Å². The molecule has 2 rings (SSSR count). The van der Waals surface area contributed by atoms with Gasteiger partial charge < -0.3 is 14.2 Å². The Kier molecular flexibility index (Phi) is 3.41. The summed E-state index contributed by atoms with van der Waals surface area (Å²) < 4.78 is 4.23. The summed E-state index contributed by atoms with van der Waals surface area (Å²) >= 11 is 0. The molecule has 0 saturated heterocycles. The van der Waals surface area contributed by atoms with Gasteiger partial charge in [-0.15, -0.1) is 0 Å². The van der Waals surface area contributed by atoms with Crippen molar-refractivity contribution in [3.05, 3.63) is 42.2 Å². The number of hydrogen-bond acceptors (Lipinski definition) is 2. The topological polar surface area (TPSA) is 43.0 Å². The molecular weight excluding hydrogens is 202 g/mol. The molecule has 0 spiro atoms. The Morgan fingerprint density at radius 3 is 3.00 bits per heavy atom. The lowest BCUT2D eigenvalue weighted by Gasteiger charge is -2.07. The average molecular weight is 219 g/mol. The summed E-state index contributed by atoms with van der Waals surface area (Å²) in [6.45, 7) is 4.06. The number of hydrogen-bond donors (Lipinski definition) is 1. The fraction of sp³-hybridized carbons (Fsp3) is 0.417. The third-order valence-corrected chi connectivity index (χ3v) is 2.60. The maximum atomic E-state index is 8.98. The van der Waals surface area contributed by atoms with E-state index in [9.17, 15) is 0 Å². The molecule has 0 fully saturated rings. The first-order chi connectivity index (χ1) is 7.83. The number of imidazole rings is 1. The molecule has 2 heterocycles. The summed E-state index contributed by atoms with van der Waals surface area (Å²) in [6.07, 6.45) is 8.82. The van der Waals surface area contributed by atoms with Gasteiger partial charge in [-0.05, 0) is 18.1 Å². The van der Waals surface area contributed by atoms with Crippen LogP contribution in [0.3, 0.4) is 0 Å². The van der Waals surface area contributed by atoms with E-state index in [0.717, 1.165) is 25.1 Å². The van der Waals surface area contributed by atoms with Crippen molar-refractivity contribution >= 4 is 0 Å². The van der Waals surface area contributed by atoms with Gasteiger partial charge in [-0.2, -0.15) is 0 Å². The first-order valence-electron chi connectivity index (χ1n) is 5.58. The van der Waals surface area contributed by atoms with E-state index >= 15 is 0 Å². The quantitative estimate of drug-likeness (QED) is 0.830. The molecule has 0 aliphatic carbocycles. The van der Waals surface area contributed by atoms with Crippen molar-refractivity contribution < 1.29 is 5.11 Å². The van der Waals surface area contributed by atoms with Crippen LogP contribution in [0.1, 0.15) is 24.6 Å². The molecule has 2 aromatic rings. The van der Waals surface area contributed by atoms with Crippen LogP contribution in [0.2, 0.25) is 0 Å². The highest BCUT2D eigenvalue weighted by atomic mass is 16.3. The van der Waals surface area contributed by atoms with E-state index in [1.165, 1.54) is 5.69 Å². The molecule has 4 nitrogen and oxygen atoms in total. The molecule has 86 valence electrons. The Morgan fingerprint density at radius 1 is 1.44 bits per heavy atom. The van der Waals surface area contributed by atoms with Crippen LogP contribution in [0.25, 0.3) is 0 Å². The number of aliphatic hydroxyl groups excluding tert-OH is 1. The van der Waals surface area contributed by atoms with Crippen molar-refractivity contribution in [1.82, 2.24) is 14.1 Å². The second-order valence-corrected chi connectivity index (χ2v) is 3.93. The predicted octanol–water partition coefficient (Wildman–Crippen LogP) is 1.64. The second kappa shape index (κ2) is 4.99. The smallest absolute Gasteiger partial charge is 0.0948 e. The molecule has 0 bridgehead atoms. The van der Waals surface area contributed by atoms with Gasteiger partial charge in [0, 0.05) is 25.1 Å². The summed E-state index contributed by atoms with van der Waals surface area (Å²) in [5.74, 6) is 0. The van der Waals surface area contributed by atoms with Gasteiger partial charge in [-0.25, -0.2) is 4.98 Å². The Labute approximate surface area is 95.2 Å². The molecule has 16 heavy (non-hydrogen) atoms. The minimum atomic E-state index is 0.0984. The molecule has 0 aliphatic rings. The van der Waals surface area contributed by atoms with Gasteiger partial charge in [0.25, 0.3) is 0 Å². The largest absolute Gasteiger partial charge is 0.392 e. The van der Waals surface area contributed by atoms with Crippen LogP contribution >= 0.6 is 0 Å². The van der Waals surface area contributed by atoms with E-state index in [-0.39, 0.29) is 6.61 Å². The van der Waals surface area contributed by atoms with Crippen LogP contribution in [-0.2, 0) is 19.7 Å². The van der Waals surface area contributed by atoms with E-state index < -0.39 is 0 Å². The average Bonchev–Trinajstić information content (AvgIpc) is 2.90. The van der Waals surface area contributed by atoms with Crippen molar-refractivity contribution in [1.29, 1.82) is 0 Å². The maximum absolute atomic E-state index is 8.98. The highest BCUT2D eigenvalue weighted by Gasteiger charge is 2.02. The minimum absolute atomic E-state index is 0.0984. The molecule has 0 radical (unpaired) electrons. The van der Waals surface area contributed by atoms with E-state index in [4.69, 9.17) is 5.11 Å². The summed E-state index contributed by atoms with van der Waals surface area (Å²) in [5.41, 5.74) is 2.14. The molecule has 2 aromatic heterocycles. The van der Waals surface area contributed by atoms with Crippen LogP contribution in [0.5, 0.6) is 0 Å². The number of rotatable bonds is 5. The molecule has 4 heteroatoms. The predicted molar refractivity (Wildman–Crippen MR) is 62.0 cm³/mol. The third-order valence-electron chi connectivity index (χ3n) is 2.60. The van der Waals surface area contributed by atoms with Crippen molar-refractivity contribution in [2.45, 2.75) is 33.0 Å². The zero-order chi connectivity index (χ0) is 11.4. The van der Waals surface area contributed by atoms with Gasteiger partial charge in [0.1, 0.15) is 0 Å². The van der Waals surface area contributed by atoms with Gasteiger partial charge >= 0.3 is 0 Å². The molecule has 0 aliphatic heterocycles. The van der Waals surface area contributed by atoms with Crippen LogP contribution in [0, 0.1) is 0 Å². The van der Waals surface area contributed by atoms with E-state index in [0.29, 0.717) is 0 Å². The summed E-state index contributed by atoms with van der Waals surface area (Å²) in [7, 11) is 0. The molecule has 0 atom stereocenters. The lowest BCUT2D eigenvalue weighted by Crippen LogP contribution is -2.05. The molecule has 0 unspecified atom stereocenters. The van der Waals surface area contributed by atoms with Gasteiger partial charge in [0.15, 0.2) is 0 Å². The molecular formula is C12H17N3O. The van der Waals surface area contributed by atoms with Crippen LogP contribution in [0.4, 0.5) is 0 Å². The van der Waals surface area contributed by atoms with Crippen LogP contribution in [0.15, 0.2) is 31.0 Å². The summed E-state index contributed by atoms with van der Waals surface area (Å²) in [5, 5.41) is 8.98. The van der Waals surface area contributed by atoms with Crippen molar-refractivity contribution in [3.8, 4) is 0 Å². The Bertz CT molecular complexity index is 445. The van der Waals surface area contributed by atoms with Crippen molar-refractivity contribution in [3.63, 3.8) is 0 Å². The molecule has 0 amide bonds. The van der Waals surface area contributed by atoms with Gasteiger partial charge in [-0.1, -0.05) is 6.92 Å². The zero-order valence-corrected chi connectivity index (χ0v) is 9.50. The highest BCUT2D eigenvalue weighted by Crippen LogP contribution is 2.07. The molecule has 1 N–H and O–H groups in total. The fourth-order valence-electron chi connectivity index (χ4n) is 1.79. The minimum Gasteiger partial charge on any atom is -0.392 e. The standard InChI is InChI=1S/C12H17N3O/c1-2-4-15-10-13-6-12(15)8-14-5-3-11(7-14)9-16/h3,5-7,10,16H,2,4,8-9H2,1H3. The first-order valence-corrected chi connectivity index (χ1v) is 5.58. The lowest BCUT2D eigenvalue weighted by atomic mass is 10.4. The van der Waals surface area contributed by atoms with Gasteiger partial charge in [-0.3, -0.25) is 0 Å². The Hall–Kier alpha value is -1.55. The summed E-state index contributed by atoms with van der Waals surface area (Å²) in [4.78, 5) is 4.16. The van der Waals surface area contributed by atoms with Crippen LogP contribution < -0.4 is 0 Å². The Morgan fingerprint density at radius 2 is 2.31 bits per heavy atom. The van der Waals surface area contributed by atoms with E-state index in [1.807, 2.05) is 31.0 Å². The highest BCUT2D eigenvalue weighted by molar-refractivity contribution is 5.11.